The average molecular weight is 352 g/mol. The molecule has 2 aliphatic heterocycles. The van der Waals surface area contributed by atoms with Gasteiger partial charge in [-0.3, -0.25) is 4.79 Å². The van der Waals surface area contributed by atoms with Gasteiger partial charge in [-0.1, -0.05) is 23.7 Å². The summed E-state index contributed by atoms with van der Waals surface area (Å²) in [4.78, 5) is 18.8. The highest BCUT2D eigenvalue weighted by Crippen LogP contribution is 2.26. The quantitative estimate of drug-likeness (QED) is 0.785. The Bertz CT molecular complexity index is 577. The van der Waals surface area contributed by atoms with E-state index in [-0.39, 0.29) is 12.0 Å². The van der Waals surface area contributed by atoms with Crippen LogP contribution in [0.25, 0.3) is 0 Å². The van der Waals surface area contributed by atoms with E-state index in [4.69, 9.17) is 16.3 Å². The normalized spacial score (nSPS) is 22.0. The molecule has 2 saturated heterocycles. The summed E-state index contributed by atoms with van der Waals surface area (Å²) in [6, 6.07) is 8.04. The van der Waals surface area contributed by atoms with Crippen molar-refractivity contribution in [1.82, 2.24) is 14.7 Å². The van der Waals surface area contributed by atoms with Gasteiger partial charge >= 0.3 is 0 Å². The number of carbonyl (C=O) groups is 1. The molecule has 2 aliphatic rings. The fraction of sp³-hybridized carbons (Fsp3) is 0.611. The molecule has 0 bridgehead atoms. The molecular weight excluding hydrogens is 326 g/mol. The van der Waals surface area contributed by atoms with E-state index in [9.17, 15) is 4.79 Å². The van der Waals surface area contributed by atoms with Gasteiger partial charge in [0, 0.05) is 25.6 Å². The van der Waals surface area contributed by atoms with Crippen molar-refractivity contribution in [1.29, 1.82) is 0 Å². The van der Waals surface area contributed by atoms with Crippen LogP contribution in [-0.4, -0.2) is 79.6 Å². The lowest BCUT2D eigenvalue weighted by Gasteiger charge is -2.39. The molecule has 0 saturated carbocycles. The number of ether oxygens (including phenoxy) is 1. The van der Waals surface area contributed by atoms with Gasteiger partial charge in [0.1, 0.15) is 11.9 Å². The number of amides is 1. The van der Waals surface area contributed by atoms with Crippen LogP contribution >= 0.6 is 11.6 Å². The Morgan fingerprint density at radius 2 is 2.08 bits per heavy atom. The van der Waals surface area contributed by atoms with E-state index in [0.717, 1.165) is 19.6 Å². The first-order valence-corrected chi connectivity index (χ1v) is 8.98. The topological polar surface area (TPSA) is 36.0 Å². The summed E-state index contributed by atoms with van der Waals surface area (Å²) in [6.45, 7) is 4.38. The number of hydrogen-bond acceptors (Lipinski definition) is 4. The van der Waals surface area contributed by atoms with Gasteiger partial charge in [-0.15, -0.1) is 0 Å². The van der Waals surface area contributed by atoms with Gasteiger partial charge in [-0.25, -0.2) is 0 Å². The van der Waals surface area contributed by atoms with E-state index in [2.05, 4.69) is 23.9 Å². The van der Waals surface area contributed by atoms with Crippen LogP contribution in [0.4, 0.5) is 0 Å². The highest BCUT2D eigenvalue weighted by atomic mass is 35.5. The van der Waals surface area contributed by atoms with Crippen molar-refractivity contribution >= 4 is 17.5 Å². The van der Waals surface area contributed by atoms with E-state index in [1.807, 2.05) is 29.2 Å². The first-order valence-electron chi connectivity index (χ1n) is 8.60. The smallest absolute Gasteiger partial charge is 0.224 e. The maximum Gasteiger partial charge on any atom is 0.224 e. The molecule has 1 aromatic carbocycles. The monoisotopic (exact) mass is 351 g/mol. The van der Waals surface area contributed by atoms with Crippen LogP contribution in [0.2, 0.25) is 5.02 Å². The molecule has 2 heterocycles. The van der Waals surface area contributed by atoms with Gasteiger partial charge in [0.25, 0.3) is 0 Å². The van der Waals surface area contributed by atoms with Crippen molar-refractivity contribution in [2.75, 3.05) is 46.8 Å². The second kappa shape index (κ2) is 7.72. The summed E-state index contributed by atoms with van der Waals surface area (Å²) in [5, 5.41) is 0.616. The lowest BCUT2D eigenvalue weighted by molar-refractivity contribution is -0.140. The van der Waals surface area contributed by atoms with Crippen LogP contribution in [0.1, 0.15) is 12.8 Å². The van der Waals surface area contributed by atoms with Gasteiger partial charge < -0.3 is 19.4 Å². The third-order valence-electron chi connectivity index (χ3n) is 5.00. The van der Waals surface area contributed by atoms with Crippen LogP contribution in [0, 0.1) is 0 Å². The number of para-hydroxylation sites is 1. The molecule has 6 heteroatoms. The molecule has 1 amide bonds. The summed E-state index contributed by atoms with van der Waals surface area (Å²) in [7, 11) is 4.27. The first kappa shape index (κ1) is 17.5. The summed E-state index contributed by atoms with van der Waals surface area (Å²) in [5.74, 6) is 0.911. The third-order valence-corrected chi connectivity index (χ3v) is 5.31. The fourth-order valence-corrected chi connectivity index (χ4v) is 3.50. The Hall–Kier alpha value is -1.30. The van der Waals surface area contributed by atoms with Crippen molar-refractivity contribution in [3.8, 4) is 5.75 Å². The van der Waals surface area contributed by atoms with Crippen LogP contribution in [0.5, 0.6) is 5.75 Å². The average Bonchev–Trinajstić information content (AvgIpc) is 2.96. The van der Waals surface area contributed by atoms with Crippen molar-refractivity contribution in [3.63, 3.8) is 0 Å². The third kappa shape index (κ3) is 4.21. The Labute approximate surface area is 149 Å². The molecule has 0 unspecified atom stereocenters. The fourth-order valence-electron chi connectivity index (χ4n) is 3.32. The molecule has 3 rings (SSSR count). The van der Waals surface area contributed by atoms with Crippen molar-refractivity contribution < 1.29 is 9.53 Å². The van der Waals surface area contributed by atoms with Crippen molar-refractivity contribution in [2.45, 2.75) is 25.0 Å². The predicted octanol–water partition coefficient (Wildman–Crippen LogP) is 1.96. The molecule has 0 radical (unpaired) electrons. The zero-order chi connectivity index (χ0) is 17.1. The minimum absolute atomic E-state index is 0.0510. The second-order valence-corrected chi connectivity index (χ2v) is 7.31. The summed E-state index contributed by atoms with van der Waals surface area (Å²) in [5.41, 5.74) is 0. The molecule has 2 fully saturated rings. The molecule has 0 spiro atoms. The van der Waals surface area contributed by atoms with Crippen LogP contribution in [-0.2, 0) is 4.79 Å². The minimum atomic E-state index is 0.0510. The number of benzene rings is 1. The molecule has 132 valence electrons. The van der Waals surface area contributed by atoms with Crippen molar-refractivity contribution in [3.05, 3.63) is 29.3 Å². The standard InChI is InChI=1S/C18H26ClN3O2/c1-20-9-7-14(11-20)21(2)10-8-18(23)22-12-15(13-22)24-17-6-4-3-5-16(17)19/h3-6,14-15H,7-13H2,1-2H3/t14-/m0/s1. The Morgan fingerprint density at radius 1 is 1.33 bits per heavy atom. The number of carbonyl (C=O) groups excluding carboxylic acids is 1. The maximum atomic E-state index is 12.3. The molecule has 0 N–H and O–H groups in total. The number of likely N-dealkylation sites (tertiary alicyclic amines) is 2. The van der Waals surface area contributed by atoms with E-state index in [1.165, 1.54) is 6.42 Å². The predicted molar refractivity (Wildman–Crippen MR) is 95.6 cm³/mol. The van der Waals surface area contributed by atoms with Crippen molar-refractivity contribution in [2.24, 2.45) is 0 Å². The Morgan fingerprint density at radius 3 is 2.75 bits per heavy atom. The number of hydrogen-bond donors (Lipinski definition) is 0. The van der Waals surface area contributed by atoms with E-state index < -0.39 is 0 Å². The molecule has 1 atom stereocenters. The number of halogens is 1. The lowest BCUT2D eigenvalue weighted by Crippen LogP contribution is -2.56. The zero-order valence-electron chi connectivity index (χ0n) is 14.4. The van der Waals surface area contributed by atoms with Gasteiger partial charge in [0.15, 0.2) is 0 Å². The second-order valence-electron chi connectivity index (χ2n) is 6.90. The van der Waals surface area contributed by atoms with Gasteiger partial charge in [0.2, 0.25) is 5.91 Å². The summed E-state index contributed by atoms with van der Waals surface area (Å²) >= 11 is 6.09. The van der Waals surface area contributed by atoms with Gasteiger partial charge in [-0.05, 0) is 39.2 Å². The minimum Gasteiger partial charge on any atom is -0.485 e. The van der Waals surface area contributed by atoms with E-state index in [0.29, 0.717) is 36.3 Å². The maximum absolute atomic E-state index is 12.3. The van der Waals surface area contributed by atoms with Crippen LogP contribution in [0.15, 0.2) is 24.3 Å². The summed E-state index contributed by atoms with van der Waals surface area (Å²) < 4.78 is 5.84. The highest BCUT2D eigenvalue weighted by molar-refractivity contribution is 6.32. The molecule has 1 aromatic rings. The molecule has 0 aliphatic carbocycles. The highest BCUT2D eigenvalue weighted by Gasteiger charge is 2.32. The number of likely N-dealkylation sites (N-methyl/N-ethyl adjacent to an activating group) is 2. The Kier molecular flexibility index (Phi) is 5.64. The van der Waals surface area contributed by atoms with E-state index >= 15 is 0 Å². The van der Waals surface area contributed by atoms with Crippen LogP contribution < -0.4 is 4.74 Å². The number of nitrogens with zero attached hydrogens (tertiary/aromatic N) is 3. The largest absolute Gasteiger partial charge is 0.485 e. The van der Waals surface area contributed by atoms with Gasteiger partial charge in [0.05, 0.1) is 18.1 Å². The lowest BCUT2D eigenvalue weighted by atomic mass is 10.1. The van der Waals surface area contributed by atoms with Gasteiger partial charge in [-0.2, -0.15) is 0 Å². The molecule has 24 heavy (non-hydrogen) atoms. The summed E-state index contributed by atoms with van der Waals surface area (Å²) in [6.07, 6.45) is 1.82. The zero-order valence-corrected chi connectivity index (χ0v) is 15.2. The van der Waals surface area contributed by atoms with E-state index in [1.54, 1.807) is 0 Å². The SMILES string of the molecule is CN1CC[C@H](N(C)CCC(=O)N2CC(Oc3ccccc3Cl)C2)C1. The Balaban J connectivity index is 1.37. The molecule has 0 aromatic heterocycles. The van der Waals surface area contributed by atoms with Crippen LogP contribution in [0.3, 0.4) is 0 Å². The molecular formula is C18H26ClN3O2. The molecule has 5 nitrogen and oxygen atoms in total. The first-order chi connectivity index (χ1) is 11.5. The number of rotatable bonds is 6.